The zero-order valence-electron chi connectivity index (χ0n) is 20.4. The first-order valence-electron chi connectivity index (χ1n) is 12.2. The maximum absolute atomic E-state index is 13.5. The van der Waals surface area contributed by atoms with Gasteiger partial charge in [0, 0.05) is 47.1 Å². The van der Waals surface area contributed by atoms with Gasteiger partial charge in [-0.1, -0.05) is 29.8 Å². The van der Waals surface area contributed by atoms with Crippen molar-refractivity contribution in [2.45, 2.75) is 32.4 Å². The molecule has 5 nitrogen and oxygen atoms in total. The highest BCUT2D eigenvalue weighted by molar-refractivity contribution is 6.30. The number of carbonyl (C=O) groups excluding carboxylic acids is 1. The molecular formula is C30H29ClN4O. The van der Waals surface area contributed by atoms with E-state index in [4.69, 9.17) is 11.6 Å². The van der Waals surface area contributed by atoms with Gasteiger partial charge in [-0.2, -0.15) is 0 Å². The molecule has 0 saturated heterocycles. The Morgan fingerprint density at radius 2 is 1.67 bits per heavy atom. The van der Waals surface area contributed by atoms with Gasteiger partial charge in [-0.15, -0.1) is 0 Å². The minimum Gasteiger partial charge on any atom is -0.385 e. The Hall–Kier alpha value is -3.83. The molecule has 1 aromatic heterocycles. The first-order valence-corrected chi connectivity index (χ1v) is 12.6. The number of pyridine rings is 1. The molecule has 2 unspecified atom stereocenters. The standard InChI is InChI=1S/C30H29ClN4O/c1-3-33-26-9-6-23-18-29(36)35(30(28(23)19-26)22-4-7-24(31)8-5-22)27-12-10-25(11-13-27)34-20(2)21-14-16-32-17-15-21/h4-17,19-20,30,33-34H,3,18H2,1-2H3. The Balaban J connectivity index is 1.50. The minimum absolute atomic E-state index is 0.0736. The topological polar surface area (TPSA) is 57.3 Å². The van der Waals surface area contributed by atoms with E-state index >= 15 is 0 Å². The van der Waals surface area contributed by atoms with Crippen LogP contribution in [0.2, 0.25) is 5.02 Å². The van der Waals surface area contributed by atoms with Crippen LogP contribution < -0.4 is 15.5 Å². The van der Waals surface area contributed by atoms with Crippen LogP contribution >= 0.6 is 11.6 Å². The first-order chi connectivity index (χ1) is 17.5. The monoisotopic (exact) mass is 496 g/mol. The smallest absolute Gasteiger partial charge is 0.232 e. The molecule has 5 rings (SSSR count). The van der Waals surface area contributed by atoms with Crippen molar-refractivity contribution in [3.8, 4) is 0 Å². The number of nitrogens with one attached hydrogen (secondary N) is 2. The number of hydrogen-bond acceptors (Lipinski definition) is 4. The number of carbonyl (C=O) groups is 1. The summed E-state index contributed by atoms with van der Waals surface area (Å²) in [5.74, 6) is 0.0736. The summed E-state index contributed by atoms with van der Waals surface area (Å²) in [6.07, 6.45) is 3.97. The van der Waals surface area contributed by atoms with Gasteiger partial charge in [0.15, 0.2) is 0 Å². The van der Waals surface area contributed by atoms with Crippen molar-refractivity contribution in [2.24, 2.45) is 0 Å². The van der Waals surface area contributed by atoms with E-state index in [0.717, 1.165) is 45.9 Å². The average Bonchev–Trinajstić information content (AvgIpc) is 2.90. The van der Waals surface area contributed by atoms with E-state index in [9.17, 15) is 4.79 Å². The van der Waals surface area contributed by atoms with E-state index in [0.29, 0.717) is 11.4 Å². The van der Waals surface area contributed by atoms with Gasteiger partial charge in [-0.05, 0) is 96.8 Å². The summed E-state index contributed by atoms with van der Waals surface area (Å²) in [6, 6.07) is 26.1. The Kier molecular flexibility index (Phi) is 6.92. The fourth-order valence-corrected chi connectivity index (χ4v) is 4.95. The molecule has 1 aliphatic rings. The number of aromatic nitrogens is 1. The van der Waals surface area contributed by atoms with E-state index in [1.54, 1.807) is 12.4 Å². The SMILES string of the molecule is CCNc1ccc2c(c1)C(c1ccc(Cl)cc1)N(c1ccc(NC(C)c3ccncc3)cc1)C(=O)C2. The molecule has 0 spiro atoms. The summed E-state index contributed by atoms with van der Waals surface area (Å²) < 4.78 is 0. The second-order valence-corrected chi connectivity index (χ2v) is 9.47. The molecule has 36 heavy (non-hydrogen) atoms. The summed E-state index contributed by atoms with van der Waals surface area (Å²) in [7, 11) is 0. The van der Waals surface area contributed by atoms with Gasteiger partial charge < -0.3 is 15.5 Å². The van der Waals surface area contributed by atoms with Crippen molar-refractivity contribution in [1.82, 2.24) is 4.98 Å². The van der Waals surface area contributed by atoms with Gasteiger partial charge in [0.1, 0.15) is 0 Å². The molecule has 0 radical (unpaired) electrons. The third-order valence-electron chi connectivity index (χ3n) is 6.61. The number of amides is 1. The van der Waals surface area contributed by atoms with Crippen LogP contribution in [0, 0.1) is 0 Å². The summed E-state index contributed by atoms with van der Waals surface area (Å²) in [6.45, 7) is 5.03. The highest BCUT2D eigenvalue weighted by Crippen LogP contribution is 2.40. The van der Waals surface area contributed by atoms with Crippen LogP contribution in [-0.4, -0.2) is 17.4 Å². The van der Waals surface area contributed by atoms with E-state index in [1.165, 1.54) is 0 Å². The molecule has 3 aromatic carbocycles. The lowest BCUT2D eigenvalue weighted by molar-refractivity contribution is -0.118. The van der Waals surface area contributed by atoms with Crippen molar-refractivity contribution in [3.05, 3.63) is 119 Å². The van der Waals surface area contributed by atoms with Crippen LogP contribution in [-0.2, 0) is 11.2 Å². The lowest BCUT2D eigenvalue weighted by Crippen LogP contribution is -2.41. The zero-order chi connectivity index (χ0) is 25.1. The normalized spacial score (nSPS) is 15.8. The molecule has 4 aromatic rings. The van der Waals surface area contributed by atoms with Crippen molar-refractivity contribution in [1.29, 1.82) is 0 Å². The Morgan fingerprint density at radius 3 is 2.36 bits per heavy atom. The van der Waals surface area contributed by atoms with Gasteiger partial charge >= 0.3 is 0 Å². The number of rotatable bonds is 7. The van der Waals surface area contributed by atoms with Gasteiger partial charge in [-0.3, -0.25) is 9.78 Å². The van der Waals surface area contributed by atoms with E-state index < -0.39 is 0 Å². The maximum atomic E-state index is 13.5. The predicted octanol–water partition coefficient (Wildman–Crippen LogP) is 7.02. The summed E-state index contributed by atoms with van der Waals surface area (Å²) in [5.41, 5.74) is 7.28. The minimum atomic E-state index is -0.244. The Morgan fingerprint density at radius 1 is 0.972 bits per heavy atom. The number of hydrogen-bond donors (Lipinski definition) is 2. The molecule has 0 aliphatic carbocycles. The largest absolute Gasteiger partial charge is 0.385 e. The lowest BCUT2D eigenvalue weighted by atomic mass is 9.87. The van der Waals surface area contributed by atoms with Crippen molar-refractivity contribution in [2.75, 3.05) is 22.1 Å². The third kappa shape index (κ3) is 4.93. The van der Waals surface area contributed by atoms with Crippen molar-refractivity contribution in [3.63, 3.8) is 0 Å². The Labute approximate surface area is 217 Å². The molecule has 2 N–H and O–H groups in total. The van der Waals surface area contributed by atoms with Crippen molar-refractivity contribution >= 4 is 34.6 Å². The van der Waals surface area contributed by atoms with Crippen LogP contribution in [0.4, 0.5) is 17.1 Å². The number of fused-ring (bicyclic) bond motifs is 1. The van der Waals surface area contributed by atoms with Gasteiger partial charge in [0.2, 0.25) is 5.91 Å². The number of benzene rings is 3. The molecule has 6 heteroatoms. The van der Waals surface area contributed by atoms with Crippen LogP contribution in [0.5, 0.6) is 0 Å². The fourth-order valence-electron chi connectivity index (χ4n) is 4.83. The molecule has 1 amide bonds. The molecule has 2 atom stereocenters. The van der Waals surface area contributed by atoms with E-state index in [2.05, 4.69) is 47.7 Å². The highest BCUT2D eigenvalue weighted by Gasteiger charge is 2.35. The quantitative estimate of drug-likeness (QED) is 0.288. The lowest BCUT2D eigenvalue weighted by Gasteiger charge is -2.38. The number of halogens is 1. The molecule has 2 heterocycles. The zero-order valence-corrected chi connectivity index (χ0v) is 21.2. The van der Waals surface area contributed by atoms with Crippen LogP contribution in [0.3, 0.4) is 0 Å². The molecule has 182 valence electrons. The van der Waals surface area contributed by atoms with Gasteiger partial charge in [0.25, 0.3) is 0 Å². The van der Waals surface area contributed by atoms with Crippen LogP contribution in [0.25, 0.3) is 0 Å². The average molecular weight is 497 g/mol. The molecular weight excluding hydrogens is 468 g/mol. The number of nitrogens with zero attached hydrogens (tertiary/aromatic N) is 2. The second kappa shape index (κ2) is 10.4. The van der Waals surface area contributed by atoms with Crippen LogP contribution in [0.1, 0.15) is 48.2 Å². The molecule has 0 bridgehead atoms. The molecule has 0 fully saturated rings. The van der Waals surface area contributed by atoms with Crippen LogP contribution in [0.15, 0.2) is 91.3 Å². The fraction of sp³-hybridized carbons (Fsp3) is 0.200. The Bertz CT molecular complexity index is 1340. The maximum Gasteiger partial charge on any atom is 0.232 e. The van der Waals surface area contributed by atoms with Gasteiger partial charge in [-0.25, -0.2) is 0 Å². The summed E-state index contributed by atoms with van der Waals surface area (Å²) in [4.78, 5) is 19.5. The summed E-state index contributed by atoms with van der Waals surface area (Å²) in [5, 5.41) is 7.61. The summed E-state index contributed by atoms with van der Waals surface area (Å²) >= 11 is 6.20. The second-order valence-electron chi connectivity index (χ2n) is 9.03. The van der Waals surface area contributed by atoms with E-state index in [1.807, 2.05) is 65.6 Å². The third-order valence-corrected chi connectivity index (χ3v) is 6.86. The molecule has 0 saturated carbocycles. The first kappa shape index (κ1) is 23.9. The molecule has 1 aliphatic heterocycles. The van der Waals surface area contributed by atoms with E-state index in [-0.39, 0.29) is 18.0 Å². The highest BCUT2D eigenvalue weighted by atomic mass is 35.5. The predicted molar refractivity (Wildman–Crippen MR) is 148 cm³/mol. The van der Waals surface area contributed by atoms with Crippen molar-refractivity contribution < 1.29 is 4.79 Å². The van der Waals surface area contributed by atoms with Gasteiger partial charge in [0.05, 0.1) is 12.5 Å². The number of anilines is 3.